The lowest BCUT2D eigenvalue weighted by Gasteiger charge is -2.45. The van der Waals surface area contributed by atoms with Crippen molar-refractivity contribution in [1.82, 2.24) is 30.2 Å². The van der Waals surface area contributed by atoms with Crippen molar-refractivity contribution in [2.75, 3.05) is 38.8 Å². The zero-order valence-electron chi connectivity index (χ0n) is 19.9. The number of nitrogens with one attached hydrogen (secondary N) is 2. The summed E-state index contributed by atoms with van der Waals surface area (Å²) in [6.07, 6.45) is 12.6. The van der Waals surface area contributed by atoms with E-state index in [-0.39, 0.29) is 6.10 Å². The number of hydrogen-bond acceptors (Lipinski definition) is 11. The van der Waals surface area contributed by atoms with Crippen LogP contribution >= 0.6 is 11.3 Å². The largest absolute Gasteiger partial charge is 0.460 e. The molecule has 2 N–H and O–H groups in total. The second kappa shape index (κ2) is 11.3. The first-order chi connectivity index (χ1) is 17.2. The fourth-order valence-electron chi connectivity index (χ4n) is 4.32. The smallest absolute Gasteiger partial charge is 0.317 e. The van der Waals surface area contributed by atoms with Crippen LogP contribution in [-0.4, -0.2) is 64.5 Å². The molecule has 4 heterocycles. The molecule has 0 bridgehead atoms. The van der Waals surface area contributed by atoms with E-state index in [0.717, 1.165) is 81.1 Å². The number of aromatic nitrogens is 5. The van der Waals surface area contributed by atoms with Crippen LogP contribution in [-0.2, 0) is 16.0 Å². The van der Waals surface area contributed by atoms with Crippen LogP contribution in [0, 0.1) is 5.41 Å². The number of nitrogens with zero attached hydrogens (tertiary/aromatic N) is 5. The van der Waals surface area contributed by atoms with E-state index in [1.54, 1.807) is 19.5 Å². The van der Waals surface area contributed by atoms with E-state index < -0.39 is 0 Å². The minimum atomic E-state index is 0.163. The predicted octanol–water partition coefficient (Wildman–Crippen LogP) is 3.60. The van der Waals surface area contributed by atoms with Crippen LogP contribution in [0.4, 0.5) is 11.1 Å². The van der Waals surface area contributed by atoms with Crippen molar-refractivity contribution in [2.24, 2.45) is 5.41 Å². The van der Waals surface area contributed by atoms with E-state index in [1.165, 1.54) is 11.3 Å². The Labute approximate surface area is 208 Å². The van der Waals surface area contributed by atoms with Crippen molar-refractivity contribution in [3.63, 3.8) is 0 Å². The maximum Gasteiger partial charge on any atom is 0.317 e. The van der Waals surface area contributed by atoms with E-state index in [2.05, 4.69) is 35.6 Å². The standard InChI is InChI=1S/C24H31N7O3S/c1-32-10-2-8-25-11-17-12-27-21(28-13-17)31-23-29-14-20(35-23)19-5-9-26-22(30-19)34-18-3-6-24(7-4-18)15-33-16-24/h5,9,12-14,18,25H,2-4,6-8,10-11,15-16H2,1H3,(H,27,28,29,31). The minimum Gasteiger partial charge on any atom is -0.460 e. The molecule has 1 spiro atoms. The van der Waals surface area contributed by atoms with Gasteiger partial charge in [-0.2, -0.15) is 4.98 Å². The lowest BCUT2D eigenvalue weighted by molar-refractivity contribution is -0.140. The molecule has 3 aromatic rings. The molecular weight excluding hydrogens is 466 g/mol. The summed E-state index contributed by atoms with van der Waals surface area (Å²) in [4.78, 5) is 23.1. The molecule has 0 unspecified atom stereocenters. The van der Waals surface area contributed by atoms with Crippen LogP contribution in [0.2, 0.25) is 0 Å². The van der Waals surface area contributed by atoms with Gasteiger partial charge in [0.25, 0.3) is 0 Å². The number of methoxy groups -OCH3 is 1. The normalized spacial score (nSPS) is 17.3. The van der Waals surface area contributed by atoms with Crippen molar-refractivity contribution in [1.29, 1.82) is 0 Å². The van der Waals surface area contributed by atoms with Gasteiger partial charge >= 0.3 is 6.01 Å². The van der Waals surface area contributed by atoms with Crippen LogP contribution < -0.4 is 15.4 Å². The van der Waals surface area contributed by atoms with Crippen molar-refractivity contribution >= 4 is 22.4 Å². The molecule has 10 nitrogen and oxygen atoms in total. The molecule has 1 saturated heterocycles. The Kier molecular flexibility index (Phi) is 7.77. The Bertz CT molecular complexity index is 1080. The molecule has 1 aliphatic heterocycles. The predicted molar refractivity (Wildman–Crippen MR) is 133 cm³/mol. The molecule has 1 aliphatic carbocycles. The molecule has 0 atom stereocenters. The van der Waals surface area contributed by atoms with E-state index in [0.29, 0.717) is 22.5 Å². The highest BCUT2D eigenvalue weighted by atomic mass is 32.1. The maximum absolute atomic E-state index is 6.11. The van der Waals surface area contributed by atoms with Crippen LogP contribution in [0.3, 0.4) is 0 Å². The van der Waals surface area contributed by atoms with Gasteiger partial charge in [-0.25, -0.2) is 19.9 Å². The Hall–Kier alpha value is -2.73. The van der Waals surface area contributed by atoms with Gasteiger partial charge in [0.1, 0.15) is 6.10 Å². The van der Waals surface area contributed by atoms with E-state index >= 15 is 0 Å². The van der Waals surface area contributed by atoms with Gasteiger partial charge in [-0.3, -0.25) is 0 Å². The summed E-state index contributed by atoms with van der Waals surface area (Å²) in [5.41, 5.74) is 2.21. The average Bonchev–Trinajstić information content (AvgIpc) is 3.33. The van der Waals surface area contributed by atoms with Crippen LogP contribution in [0.15, 0.2) is 30.9 Å². The van der Waals surface area contributed by atoms with Crippen molar-refractivity contribution in [3.8, 4) is 16.6 Å². The Balaban J connectivity index is 1.13. The monoisotopic (exact) mass is 497 g/mol. The number of thiazole rings is 1. The number of anilines is 2. The van der Waals surface area contributed by atoms with Gasteiger partial charge in [0.2, 0.25) is 5.95 Å². The molecule has 0 amide bonds. The average molecular weight is 498 g/mol. The molecular formula is C24H31N7O3S. The number of hydrogen-bond donors (Lipinski definition) is 2. The van der Waals surface area contributed by atoms with E-state index in [1.807, 2.05) is 18.5 Å². The third-order valence-electron chi connectivity index (χ3n) is 6.43. The fraction of sp³-hybridized carbons (Fsp3) is 0.542. The molecule has 3 aromatic heterocycles. The van der Waals surface area contributed by atoms with Crippen molar-refractivity contribution in [3.05, 3.63) is 36.4 Å². The third-order valence-corrected chi connectivity index (χ3v) is 7.36. The lowest BCUT2D eigenvalue weighted by Crippen LogP contribution is -2.46. The third kappa shape index (κ3) is 6.29. The zero-order chi connectivity index (χ0) is 23.9. The van der Waals surface area contributed by atoms with Gasteiger partial charge in [-0.05, 0) is 44.7 Å². The van der Waals surface area contributed by atoms with Crippen molar-refractivity contribution < 1.29 is 14.2 Å². The van der Waals surface area contributed by atoms with Gasteiger partial charge in [0, 0.05) is 56.0 Å². The SMILES string of the molecule is COCCCNCc1cnc(Nc2ncc(-c3ccnc(OC4CCC5(CC4)COC5)n3)s2)nc1. The van der Waals surface area contributed by atoms with Gasteiger partial charge < -0.3 is 24.8 Å². The first kappa shape index (κ1) is 24.0. The van der Waals surface area contributed by atoms with Crippen LogP contribution in [0.25, 0.3) is 10.6 Å². The fourth-order valence-corrected chi connectivity index (χ4v) is 5.10. The Morgan fingerprint density at radius 3 is 2.69 bits per heavy atom. The highest BCUT2D eigenvalue weighted by molar-refractivity contribution is 7.18. The summed E-state index contributed by atoms with van der Waals surface area (Å²) in [6, 6.07) is 2.29. The molecule has 2 aliphatic rings. The highest BCUT2D eigenvalue weighted by Gasteiger charge is 2.42. The molecule has 11 heteroatoms. The maximum atomic E-state index is 6.11. The minimum absolute atomic E-state index is 0.163. The van der Waals surface area contributed by atoms with Gasteiger partial charge in [0.15, 0.2) is 5.13 Å². The van der Waals surface area contributed by atoms with Crippen LogP contribution in [0.5, 0.6) is 6.01 Å². The topological polar surface area (TPSA) is 116 Å². The van der Waals surface area contributed by atoms with Gasteiger partial charge in [-0.15, -0.1) is 0 Å². The molecule has 1 saturated carbocycles. The summed E-state index contributed by atoms with van der Waals surface area (Å²) >= 11 is 1.49. The summed E-state index contributed by atoms with van der Waals surface area (Å²) in [7, 11) is 1.71. The molecule has 186 valence electrons. The quantitative estimate of drug-likeness (QED) is 0.381. The van der Waals surface area contributed by atoms with Gasteiger partial charge in [0.05, 0.1) is 23.8 Å². The summed E-state index contributed by atoms with van der Waals surface area (Å²) in [5.74, 6) is 0.507. The second-order valence-electron chi connectivity index (χ2n) is 9.13. The highest BCUT2D eigenvalue weighted by Crippen LogP contribution is 2.43. The summed E-state index contributed by atoms with van der Waals surface area (Å²) in [5, 5.41) is 7.22. The molecule has 5 rings (SSSR count). The Morgan fingerprint density at radius 1 is 1.11 bits per heavy atom. The van der Waals surface area contributed by atoms with E-state index in [4.69, 9.17) is 14.2 Å². The molecule has 2 fully saturated rings. The Morgan fingerprint density at radius 2 is 1.94 bits per heavy atom. The summed E-state index contributed by atoms with van der Waals surface area (Å²) in [6.45, 7) is 4.16. The number of ether oxygens (including phenoxy) is 3. The summed E-state index contributed by atoms with van der Waals surface area (Å²) < 4.78 is 16.6. The second-order valence-corrected chi connectivity index (χ2v) is 10.2. The van der Waals surface area contributed by atoms with Crippen molar-refractivity contribution in [2.45, 2.75) is 44.8 Å². The van der Waals surface area contributed by atoms with E-state index in [9.17, 15) is 0 Å². The molecule has 35 heavy (non-hydrogen) atoms. The molecule has 0 aromatic carbocycles. The first-order valence-corrected chi connectivity index (χ1v) is 12.8. The lowest BCUT2D eigenvalue weighted by atomic mass is 9.72. The van der Waals surface area contributed by atoms with Gasteiger partial charge in [-0.1, -0.05) is 11.3 Å². The molecule has 0 radical (unpaired) electrons. The number of rotatable bonds is 11. The zero-order valence-corrected chi connectivity index (χ0v) is 20.7. The first-order valence-electron chi connectivity index (χ1n) is 12.0. The van der Waals surface area contributed by atoms with Crippen LogP contribution in [0.1, 0.15) is 37.7 Å².